The minimum Gasteiger partial charge on any atom is -0.385 e. The van der Waals surface area contributed by atoms with Crippen LogP contribution in [-0.4, -0.2) is 58.5 Å². The maximum Gasteiger partial charge on any atom is 0.251 e. The molecule has 0 radical (unpaired) electrons. The van der Waals surface area contributed by atoms with Gasteiger partial charge in [-0.1, -0.05) is 23.8 Å². The molecular weight excluding hydrogens is 411 g/mol. The molecule has 1 aromatic heterocycles. The molecule has 0 spiro atoms. The van der Waals surface area contributed by atoms with Gasteiger partial charge in [-0.2, -0.15) is 4.39 Å². The van der Waals surface area contributed by atoms with Crippen molar-refractivity contribution in [3.8, 4) is 0 Å². The van der Waals surface area contributed by atoms with Crippen LogP contribution in [0.15, 0.2) is 42.6 Å². The maximum absolute atomic E-state index is 13.1. The monoisotopic (exact) mass is 440 g/mol. The van der Waals surface area contributed by atoms with E-state index in [1.54, 1.807) is 18.2 Å². The van der Waals surface area contributed by atoms with Gasteiger partial charge in [0.05, 0.1) is 18.2 Å². The number of aromatic nitrogens is 1. The smallest absolute Gasteiger partial charge is 0.251 e. The van der Waals surface area contributed by atoms with Crippen LogP contribution in [0.5, 0.6) is 0 Å². The summed E-state index contributed by atoms with van der Waals surface area (Å²) in [6, 6.07) is 10.6. The SMILES string of the molecule is Cc1cccc(C(=O)NCC(=O)NC2CN(C3CCC(O)(c4ccc(F)nc4)CC3)C2)c1. The minimum absolute atomic E-state index is 0.0502. The Hall–Kier alpha value is -2.84. The summed E-state index contributed by atoms with van der Waals surface area (Å²) in [7, 11) is 0. The Balaban J connectivity index is 1.17. The Morgan fingerprint density at radius 3 is 2.62 bits per heavy atom. The lowest BCUT2D eigenvalue weighted by Crippen LogP contribution is -2.63. The minimum atomic E-state index is -0.953. The van der Waals surface area contributed by atoms with E-state index in [-0.39, 0.29) is 24.4 Å². The maximum atomic E-state index is 13.1. The molecule has 1 aliphatic heterocycles. The van der Waals surface area contributed by atoms with Crippen molar-refractivity contribution in [2.24, 2.45) is 0 Å². The summed E-state index contributed by atoms with van der Waals surface area (Å²) < 4.78 is 13.1. The Kier molecular flexibility index (Phi) is 6.53. The second-order valence-corrected chi connectivity index (χ2v) is 8.90. The topological polar surface area (TPSA) is 94.6 Å². The van der Waals surface area contributed by atoms with Gasteiger partial charge in [-0.3, -0.25) is 14.5 Å². The number of likely N-dealkylation sites (tertiary alicyclic amines) is 1. The average Bonchev–Trinajstić information content (AvgIpc) is 2.75. The van der Waals surface area contributed by atoms with Gasteiger partial charge < -0.3 is 15.7 Å². The van der Waals surface area contributed by atoms with Crippen molar-refractivity contribution in [2.45, 2.75) is 50.3 Å². The largest absolute Gasteiger partial charge is 0.385 e. The first-order chi connectivity index (χ1) is 15.3. The Morgan fingerprint density at radius 1 is 1.22 bits per heavy atom. The van der Waals surface area contributed by atoms with Crippen molar-refractivity contribution in [1.29, 1.82) is 0 Å². The number of carbonyl (C=O) groups excluding carboxylic acids is 2. The zero-order valence-corrected chi connectivity index (χ0v) is 18.2. The lowest BCUT2D eigenvalue weighted by molar-refractivity contribution is -0.122. The van der Waals surface area contributed by atoms with Crippen molar-refractivity contribution in [1.82, 2.24) is 20.5 Å². The summed E-state index contributed by atoms with van der Waals surface area (Å²) in [6.45, 7) is 3.39. The predicted molar refractivity (Wildman–Crippen MR) is 117 cm³/mol. The number of halogens is 1. The molecule has 170 valence electrons. The molecule has 32 heavy (non-hydrogen) atoms. The molecule has 0 atom stereocenters. The van der Waals surface area contributed by atoms with Gasteiger partial charge in [-0.15, -0.1) is 0 Å². The lowest BCUT2D eigenvalue weighted by atomic mass is 9.77. The molecule has 1 aromatic carbocycles. The zero-order valence-electron chi connectivity index (χ0n) is 18.2. The first-order valence-corrected chi connectivity index (χ1v) is 11.0. The lowest BCUT2D eigenvalue weighted by Gasteiger charge is -2.48. The molecule has 2 fully saturated rings. The molecule has 2 amide bonds. The van der Waals surface area contributed by atoms with Gasteiger partial charge >= 0.3 is 0 Å². The summed E-state index contributed by atoms with van der Waals surface area (Å²) in [4.78, 5) is 30.3. The molecule has 7 nitrogen and oxygen atoms in total. The number of nitrogens with one attached hydrogen (secondary N) is 2. The molecule has 3 N–H and O–H groups in total. The normalized spacial score (nSPS) is 23.9. The first kappa shape index (κ1) is 22.4. The molecule has 2 heterocycles. The number of amides is 2. The van der Waals surface area contributed by atoms with E-state index in [0.717, 1.165) is 31.5 Å². The Morgan fingerprint density at radius 2 is 1.97 bits per heavy atom. The van der Waals surface area contributed by atoms with E-state index >= 15 is 0 Å². The van der Waals surface area contributed by atoms with E-state index in [1.165, 1.54) is 12.3 Å². The highest BCUT2D eigenvalue weighted by atomic mass is 19.1. The highest BCUT2D eigenvalue weighted by Gasteiger charge is 2.40. The number of aryl methyl sites for hydroxylation is 1. The van der Waals surface area contributed by atoms with Gasteiger partial charge in [0, 0.05) is 36.5 Å². The van der Waals surface area contributed by atoms with Crippen LogP contribution >= 0.6 is 0 Å². The van der Waals surface area contributed by atoms with Crippen LogP contribution in [0.2, 0.25) is 0 Å². The van der Waals surface area contributed by atoms with E-state index in [1.807, 2.05) is 19.1 Å². The van der Waals surface area contributed by atoms with Gasteiger partial charge in [0.15, 0.2) is 0 Å². The highest BCUT2D eigenvalue weighted by molar-refractivity contribution is 5.96. The summed E-state index contributed by atoms with van der Waals surface area (Å²) in [5.41, 5.74) is 1.25. The fraction of sp³-hybridized carbons (Fsp3) is 0.458. The molecule has 8 heteroatoms. The van der Waals surface area contributed by atoms with E-state index in [2.05, 4.69) is 20.5 Å². The third-order valence-corrected chi connectivity index (χ3v) is 6.53. The first-order valence-electron chi connectivity index (χ1n) is 11.0. The molecule has 1 saturated heterocycles. The quantitative estimate of drug-likeness (QED) is 0.597. The van der Waals surface area contributed by atoms with Crippen LogP contribution in [-0.2, 0) is 10.4 Å². The van der Waals surface area contributed by atoms with Crippen molar-refractivity contribution in [2.75, 3.05) is 19.6 Å². The molecule has 1 aliphatic carbocycles. The van der Waals surface area contributed by atoms with Crippen molar-refractivity contribution in [3.05, 3.63) is 65.2 Å². The second-order valence-electron chi connectivity index (χ2n) is 8.90. The summed E-state index contributed by atoms with van der Waals surface area (Å²) in [6.07, 6.45) is 4.29. The number of rotatable bonds is 6. The van der Waals surface area contributed by atoms with Crippen LogP contribution in [0.3, 0.4) is 0 Å². The predicted octanol–water partition coefficient (Wildman–Crippen LogP) is 1.89. The van der Waals surface area contributed by atoms with Crippen LogP contribution in [0.25, 0.3) is 0 Å². The van der Waals surface area contributed by atoms with E-state index in [9.17, 15) is 19.1 Å². The van der Waals surface area contributed by atoms with Gasteiger partial charge in [-0.25, -0.2) is 4.98 Å². The Bertz CT molecular complexity index is 967. The van der Waals surface area contributed by atoms with E-state index < -0.39 is 11.5 Å². The van der Waals surface area contributed by atoms with E-state index in [4.69, 9.17) is 0 Å². The number of pyridine rings is 1. The number of hydrogen-bond acceptors (Lipinski definition) is 5. The molecule has 2 aromatic rings. The number of aliphatic hydroxyl groups is 1. The fourth-order valence-electron chi connectivity index (χ4n) is 4.61. The third-order valence-electron chi connectivity index (χ3n) is 6.53. The van der Waals surface area contributed by atoms with Crippen molar-refractivity contribution in [3.63, 3.8) is 0 Å². The van der Waals surface area contributed by atoms with Crippen LogP contribution in [0.4, 0.5) is 4.39 Å². The van der Waals surface area contributed by atoms with E-state index in [0.29, 0.717) is 30.0 Å². The zero-order chi connectivity index (χ0) is 22.7. The third kappa shape index (κ3) is 5.14. The number of benzene rings is 1. The number of nitrogens with zero attached hydrogens (tertiary/aromatic N) is 2. The summed E-state index contributed by atoms with van der Waals surface area (Å²) in [5.74, 6) is -1.00. The molecule has 4 rings (SSSR count). The average molecular weight is 441 g/mol. The van der Waals surface area contributed by atoms with Crippen molar-refractivity contribution >= 4 is 11.8 Å². The Labute approximate surface area is 187 Å². The van der Waals surface area contributed by atoms with Crippen LogP contribution < -0.4 is 10.6 Å². The molecular formula is C24H29FN4O3. The highest BCUT2D eigenvalue weighted by Crippen LogP contribution is 2.39. The fourth-order valence-corrected chi connectivity index (χ4v) is 4.61. The van der Waals surface area contributed by atoms with Gasteiger partial charge in [0.1, 0.15) is 0 Å². The summed E-state index contributed by atoms with van der Waals surface area (Å²) >= 11 is 0. The van der Waals surface area contributed by atoms with Crippen molar-refractivity contribution < 1.29 is 19.1 Å². The molecule has 1 saturated carbocycles. The molecule has 0 unspecified atom stereocenters. The number of hydrogen-bond donors (Lipinski definition) is 3. The van der Waals surface area contributed by atoms with Gasteiger partial charge in [0.2, 0.25) is 11.9 Å². The van der Waals surface area contributed by atoms with Crippen LogP contribution in [0, 0.1) is 12.9 Å². The van der Waals surface area contributed by atoms with Gasteiger partial charge in [-0.05, 0) is 50.8 Å². The standard InChI is InChI=1S/C24H29FN4O3/c1-16-3-2-4-17(11-16)23(31)27-13-22(30)28-19-14-29(15-19)20-7-9-24(32,10-8-20)18-5-6-21(25)26-12-18/h2-6,11-12,19-20,32H,7-10,13-15H2,1H3,(H,27,31)(H,28,30). The van der Waals surface area contributed by atoms with Crippen LogP contribution in [0.1, 0.15) is 47.2 Å². The van der Waals surface area contributed by atoms with Gasteiger partial charge in [0.25, 0.3) is 5.91 Å². The molecule has 2 aliphatic rings. The molecule has 0 bridgehead atoms. The summed E-state index contributed by atoms with van der Waals surface area (Å²) in [5, 5.41) is 16.5. The number of carbonyl (C=O) groups is 2. The second kappa shape index (κ2) is 9.34.